The SMILES string of the molecule is Cc1cc(O[C@H](C)c2cn(-c3ccc(C(F)(F)F)cc3)nc2C)ccc1CCC(=O)O. The van der Waals surface area contributed by atoms with E-state index in [0.717, 1.165) is 28.8 Å². The number of aryl methyl sites for hydroxylation is 3. The zero-order chi connectivity index (χ0) is 22.8. The summed E-state index contributed by atoms with van der Waals surface area (Å²) < 4.78 is 45.9. The first-order valence-electron chi connectivity index (χ1n) is 9.76. The van der Waals surface area contributed by atoms with Crippen molar-refractivity contribution in [3.63, 3.8) is 0 Å². The number of carboxylic acid groups (broad SMARTS) is 1. The highest BCUT2D eigenvalue weighted by Gasteiger charge is 2.30. The van der Waals surface area contributed by atoms with Crippen molar-refractivity contribution >= 4 is 5.97 Å². The van der Waals surface area contributed by atoms with Crippen LogP contribution in [0, 0.1) is 13.8 Å². The summed E-state index contributed by atoms with van der Waals surface area (Å²) >= 11 is 0. The molecule has 0 amide bonds. The minimum Gasteiger partial charge on any atom is -0.486 e. The lowest BCUT2D eigenvalue weighted by Crippen LogP contribution is -2.05. The second-order valence-electron chi connectivity index (χ2n) is 7.40. The smallest absolute Gasteiger partial charge is 0.416 e. The standard InChI is InChI=1S/C23H23F3N2O3/c1-14-12-20(10-4-17(14)5-11-22(29)30)31-16(3)21-13-28(27-15(21)2)19-8-6-18(7-9-19)23(24,25)26/h4,6-10,12-13,16H,5,11H2,1-3H3,(H,29,30)/t16-/m1/s1. The van der Waals surface area contributed by atoms with E-state index in [4.69, 9.17) is 9.84 Å². The number of carbonyl (C=O) groups is 1. The van der Waals surface area contributed by atoms with Crippen molar-refractivity contribution < 1.29 is 27.8 Å². The molecule has 0 aliphatic carbocycles. The van der Waals surface area contributed by atoms with E-state index in [0.29, 0.717) is 23.6 Å². The van der Waals surface area contributed by atoms with Crippen LogP contribution in [0.4, 0.5) is 13.2 Å². The second kappa shape index (κ2) is 8.83. The minimum atomic E-state index is -4.38. The second-order valence-corrected chi connectivity index (χ2v) is 7.40. The predicted octanol–water partition coefficient (Wildman–Crippen LogP) is 5.67. The molecule has 1 heterocycles. The van der Waals surface area contributed by atoms with E-state index in [2.05, 4.69) is 5.10 Å². The lowest BCUT2D eigenvalue weighted by molar-refractivity contribution is -0.138. The third-order valence-corrected chi connectivity index (χ3v) is 5.07. The highest BCUT2D eigenvalue weighted by atomic mass is 19.4. The molecule has 5 nitrogen and oxygen atoms in total. The molecule has 3 rings (SSSR count). The monoisotopic (exact) mass is 432 g/mol. The highest BCUT2D eigenvalue weighted by molar-refractivity contribution is 5.67. The lowest BCUT2D eigenvalue weighted by Gasteiger charge is -2.15. The first kappa shape index (κ1) is 22.4. The summed E-state index contributed by atoms with van der Waals surface area (Å²) in [6.45, 7) is 5.59. The van der Waals surface area contributed by atoms with Crippen molar-refractivity contribution in [1.29, 1.82) is 0 Å². The fourth-order valence-electron chi connectivity index (χ4n) is 3.34. The van der Waals surface area contributed by atoms with Gasteiger partial charge in [-0.1, -0.05) is 6.07 Å². The van der Waals surface area contributed by atoms with Crippen LogP contribution >= 0.6 is 0 Å². The third kappa shape index (κ3) is 5.45. The fraction of sp³-hybridized carbons (Fsp3) is 0.304. The maximum absolute atomic E-state index is 12.8. The number of carboxylic acids is 1. The summed E-state index contributed by atoms with van der Waals surface area (Å²) in [5, 5.41) is 13.2. The van der Waals surface area contributed by atoms with Crippen LogP contribution in [0.1, 0.15) is 47.4 Å². The largest absolute Gasteiger partial charge is 0.486 e. The number of benzene rings is 2. The first-order valence-corrected chi connectivity index (χ1v) is 9.76. The minimum absolute atomic E-state index is 0.0692. The van der Waals surface area contributed by atoms with Crippen LogP contribution in [-0.4, -0.2) is 20.9 Å². The van der Waals surface area contributed by atoms with Crippen LogP contribution in [0.2, 0.25) is 0 Å². The molecule has 3 aromatic rings. The number of aromatic nitrogens is 2. The average molecular weight is 432 g/mol. The molecular weight excluding hydrogens is 409 g/mol. The third-order valence-electron chi connectivity index (χ3n) is 5.07. The Morgan fingerprint density at radius 1 is 1.16 bits per heavy atom. The summed E-state index contributed by atoms with van der Waals surface area (Å²) in [5.41, 5.74) is 3.24. The van der Waals surface area contributed by atoms with Gasteiger partial charge < -0.3 is 9.84 Å². The van der Waals surface area contributed by atoms with Crippen molar-refractivity contribution in [1.82, 2.24) is 9.78 Å². The van der Waals surface area contributed by atoms with Gasteiger partial charge in [0.25, 0.3) is 0 Å². The van der Waals surface area contributed by atoms with Crippen molar-refractivity contribution in [2.75, 3.05) is 0 Å². The summed E-state index contributed by atoms with van der Waals surface area (Å²) in [4.78, 5) is 10.8. The number of ether oxygens (including phenoxy) is 1. The molecule has 1 aromatic heterocycles. The Balaban J connectivity index is 1.74. The van der Waals surface area contributed by atoms with E-state index < -0.39 is 17.7 Å². The van der Waals surface area contributed by atoms with E-state index in [1.165, 1.54) is 16.8 Å². The van der Waals surface area contributed by atoms with Gasteiger partial charge in [0.1, 0.15) is 11.9 Å². The molecule has 2 aromatic carbocycles. The van der Waals surface area contributed by atoms with Crippen LogP contribution in [0.25, 0.3) is 5.69 Å². The Bertz CT molecular complexity index is 1070. The van der Waals surface area contributed by atoms with Gasteiger partial charge >= 0.3 is 12.1 Å². The summed E-state index contributed by atoms with van der Waals surface area (Å²) in [6.07, 6.45) is -2.45. The number of hydrogen-bond donors (Lipinski definition) is 1. The van der Waals surface area contributed by atoms with E-state index >= 15 is 0 Å². The van der Waals surface area contributed by atoms with Crippen LogP contribution in [0.5, 0.6) is 5.75 Å². The van der Waals surface area contributed by atoms with E-state index in [-0.39, 0.29) is 12.5 Å². The number of halogens is 3. The average Bonchev–Trinajstić information content (AvgIpc) is 3.08. The van der Waals surface area contributed by atoms with Gasteiger partial charge in [-0.15, -0.1) is 0 Å². The molecule has 1 atom stereocenters. The van der Waals surface area contributed by atoms with Crippen LogP contribution in [0.3, 0.4) is 0 Å². The molecule has 0 radical (unpaired) electrons. The van der Waals surface area contributed by atoms with Gasteiger partial charge in [0.05, 0.1) is 16.9 Å². The Morgan fingerprint density at radius 3 is 2.42 bits per heavy atom. The Labute approximate surface area is 178 Å². The van der Waals surface area contributed by atoms with Crippen molar-refractivity contribution in [2.45, 2.75) is 45.9 Å². The van der Waals surface area contributed by atoms with Crippen molar-refractivity contribution in [3.8, 4) is 11.4 Å². The van der Waals surface area contributed by atoms with E-state index in [1.54, 1.807) is 12.3 Å². The molecule has 164 valence electrons. The Hall–Kier alpha value is -3.29. The molecule has 31 heavy (non-hydrogen) atoms. The number of alkyl halides is 3. The maximum Gasteiger partial charge on any atom is 0.416 e. The number of rotatable bonds is 7. The predicted molar refractivity (Wildman–Crippen MR) is 109 cm³/mol. The molecule has 0 saturated carbocycles. The topological polar surface area (TPSA) is 64.4 Å². The number of hydrogen-bond acceptors (Lipinski definition) is 3. The van der Waals surface area contributed by atoms with Gasteiger partial charge in [0.2, 0.25) is 0 Å². The summed E-state index contributed by atoms with van der Waals surface area (Å²) in [6, 6.07) is 10.3. The Morgan fingerprint density at radius 2 is 1.84 bits per heavy atom. The fourth-order valence-corrected chi connectivity index (χ4v) is 3.34. The van der Waals surface area contributed by atoms with Gasteiger partial charge in [-0.3, -0.25) is 4.79 Å². The van der Waals surface area contributed by atoms with Crippen molar-refractivity contribution in [3.05, 3.63) is 76.6 Å². The molecule has 0 bridgehead atoms. The molecule has 8 heteroatoms. The zero-order valence-electron chi connectivity index (χ0n) is 17.4. The highest BCUT2D eigenvalue weighted by Crippen LogP contribution is 2.30. The van der Waals surface area contributed by atoms with E-state index in [9.17, 15) is 18.0 Å². The van der Waals surface area contributed by atoms with Gasteiger partial charge in [-0.25, -0.2) is 4.68 Å². The number of aliphatic carboxylic acids is 1. The van der Waals surface area contributed by atoms with Crippen LogP contribution in [-0.2, 0) is 17.4 Å². The summed E-state index contributed by atoms with van der Waals surface area (Å²) in [5.74, 6) is -0.195. The molecule has 0 saturated heterocycles. The van der Waals surface area contributed by atoms with Gasteiger partial charge in [0, 0.05) is 18.2 Å². The van der Waals surface area contributed by atoms with Gasteiger partial charge in [-0.2, -0.15) is 18.3 Å². The molecule has 0 aliphatic heterocycles. The lowest BCUT2D eigenvalue weighted by atomic mass is 10.0. The van der Waals surface area contributed by atoms with Gasteiger partial charge in [0.15, 0.2) is 0 Å². The quantitative estimate of drug-likeness (QED) is 0.523. The van der Waals surface area contributed by atoms with Gasteiger partial charge in [-0.05, 0) is 74.7 Å². The molecule has 0 fully saturated rings. The molecular formula is C23H23F3N2O3. The first-order chi connectivity index (χ1) is 14.5. The number of nitrogens with zero attached hydrogens (tertiary/aromatic N) is 2. The zero-order valence-corrected chi connectivity index (χ0v) is 17.4. The summed E-state index contributed by atoms with van der Waals surface area (Å²) in [7, 11) is 0. The van der Waals surface area contributed by atoms with Crippen molar-refractivity contribution in [2.24, 2.45) is 0 Å². The molecule has 0 spiro atoms. The van der Waals surface area contributed by atoms with E-state index in [1.807, 2.05) is 32.9 Å². The maximum atomic E-state index is 12.8. The molecule has 0 aliphatic rings. The normalized spacial score (nSPS) is 12.6. The Kier molecular flexibility index (Phi) is 6.38. The van der Waals surface area contributed by atoms with Crippen LogP contribution in [0.15, 0.2) is 48.7 Å². The molecule has 1 N–H and O–H groups in total. The van der Waals surface area contributed by atoms with Crippen LogP contribution < -0.4 is 4.74 Å². The molecule has 0 unspecified atom stereocenters.